The van der Waals surface area contributed by atoms with Crippen LogP contribution in [0.3, 0.4) is 0 Å². The maximum atomic E-state index is 13.2. The van der Waals surface area contributed by atoms with Gasteiger partial charge in [-0.3, -0.25) is 9.59 Å². The van der Waals surface area contributed by atoms with Gasteiger partial charge in [0.2, 0.25) is 0 Å². The minimum atomic E-state index is -0.731. The number of carbonyl (C=O) groups excluding carboxylic acids is 1. The highest BCUT2D eigenvalue weighted by molar-refractivity contribution is 7.16. The molecule has 10 nitrogen and oxygen atoms in total. The molecule has 0 aliphatic carbocycles. The summed E-state index contributed by atoms with van der Waals surface area (Å²) in [7, 11) is 0. The fraction of sp³-hybridized carbons (Fsp3) is 0.676. The van der Waals surface area contributed by atoms with Gasteiger partial charge in [0.05, 0.1) is 34.6 Å². The lowest BCUT2D eigenvalue weighted by Gasteiger charge is -2.47. The molecule has 2 aromatic heterocycles. The van der Waals surface area contributed by atoms with Crippen molar-refractivity contribution in [3.05, 3.63) is 43.4 Å². The molecule has 1 spiro atoms. The van der Waals surface area contributed by atoms with Gasteiger partial charge in [-0.2, -0.15) is 0 Å². The van der Waals surface area contributed by atoms with Crippen LogP contribution in [-0.2, 0) is 10.2 Å². The number of carbonyl (C=O) groups is 1. The number of aliphatic hydroxyl groups excluding tert-OH is 1. The molecule has 2 fully saturated rings. The normalized spacial score (nSPS) is 18.0. The molecule has 1 aromatic carbocycles. The van der Waals surface area contributed by atoms with Crippen LogP contribution in [0.15, 0.2) is 22.3 Å². The third-order valence-electron chi connectivity index (χ3n) is 9.28. The van der Waals surface area contributed by atoms with E-state index in [1.807, 2.05) is 10.3 Å². The first-order valence-electron chi connectivity index (χ1n) is 16.9. The number of benzene rings is 1. The number of phenols is 1. The highest BCUT2D eigenvalue weighted by Crippen LogP contribution is 2.33. The lowest BCUT2D eigenvalue weighted by Crippen LogP contribution is -2.58. The van der Waals surface area contributed by atoms with Crippen molar-refractivity contribution in [3.8, 4) is 5.75 Å². The summed E-state index contributed by atoms with van der Waals surface area (Å²) in [4.78, 5) is 36.5. The number of piperidine rings is 1. The van der Waals surface area contributed by atoms with Crippen LogP contribution >= 0.6 is 22.7 Å². The standard InChI is InChI=1S/C34H51N5O5S2/c1-33(2,3)31-36-25(22-45-31)30(42)39-19-20-44-34(23-39)13-17-38(18-14-34)16-10-8-6-4-5-7-9-15-35-21-27(41)24-11-12-26(40)28-29(24)46-32(43)37-28/h11-12,22,27,35,40-41H,4-10,13-21,23H2,1-3H3,(H,37,43)/t27-/m0/s1. The summed E-state index contributed by atoms with van der Waals surface area (Å²) < 4.78 is 6.93. The van der Waals surface area contributed by atoms with Gasteiger partial charge < -0.3 is 35.1 Å². The number of likely N-dealkylation sites (tertiary alicyclic amines) is 1. The van der Waals surface area contributed by atoms with Crippen LogP contribution in [-0.4, -0.2) is 93.9 Å². The Balaban J connectivity index is 0.897. The van der Waals surface area contributed by atoms with Crippen molar-refractivity contribution in [3.63, 3.8) is 0 Å². The topological polar surface area (TPSA) is 131 Å². The van der Waals surface area contributed by atoms with Crippen molar-refractivity contribution in [1.29, 1.82) is 0 Å². The number of unbranched alkanes of at least 4 members (excludes halogenated alkanes) is 6. The van der Waals surface area contributed by atoms with Crippen LogP contribution in [0.2, 0.25) is 0 Å². The van der Waals surface area contributed by atoms with E-state index in [0.29, 0.717) is 47.7 Å². The number of fused-ring (bicyclic) bond motifs is 1. The average Bonchev–Trinajstić information content (AvgIpc) is 3.69. The van der Waals surface area contributed by atoms with Crippen LogP contribution in [0, 0.1) is 0 Å². The van der Waals surface area contributed by atoms with Crippen molar-refractivity contribution in [1.82, 2.24) is 25.1 Å². The second kappa shape index (κ2) is 15.7. The highest BCUT2D eigenvalue weighted by atomic mass is 32.1. The summed E-state index contributed by atoms with van der Waals surface area (Å²) in [5.41, 5.74) is 1.36. The molecule has 12 heteroatoms. The zero-order chi connectivity index (χ0) is 32.7. The number of hydrogen-bond donors (Lipinski definition) is 4. The maximum absolute atomic E-state index is 13.2. The summed E-state index contributed by atoms with van der Waals surface area (Å²) in [5.74, 6) is 0.0634. The van der Waals surface area contributed by atoms with Crippen molar-refractivity contribution in [2.45, 2.75) is 95.7 Å². The Morgan fingerprint density at radius 3 is 2.54 bits per heavy atom. The Morgan fingerprint density at radius 2 is 1.83 bits per heavy atom. The molecule has 2 aliphatic heterocycles. The minimum absolute atomic E-state index is 0.0245. The molecule has 0 radical (unpaired) electrons. The zero-order valence-corrected chi connectivity index (χ0v) is 29.2. The van der Waals surface area contributed by atoms with Crippen LogP contribution in [0.1, 0.15) is 106 Å². The number of nitrogens with one attached hydrogen (secondary N) is 2. The summed E-state index contributed by atoms with van der Waals surface area (Å²) in [6.07, 6.45) is 9.64. The molecule has 0 unspecified atom stereocenters. The number of aliphatic hydroxyl groups is 1. The van der Waals surface area contributed by atoms with E-state index in [1.165, 1.54) is 44.6 Å². The van der Waals surface area contributed by atoms with Crippen molar-refractivity contribution in [2.75, 3.05) is 52.4 Å². The van der Waals surface area contributed by atoms with E-state index in [2.05, 4.69) is 41.0 Å². The quantitative estimate of drug-likeness (QED) is 0.167. The Labute approximate surface area is 280 Å². The molecule has 3 aromatic rings. The predicted molar refractivity (Wildman–Crippen MR) is 185 cm³/mol. The number of aromatic nitrogens is 2. The number of hydrogen-bond acceptors (Lipinski definition) is 10. The SMILES string of the molecule is CC(C)(C)c1nc(C(=O)N2CCOC3(CCN(CCCCCCCCCNC[C@H](O)c4ccc(O)c5[nH]c(=O)sc45)CC3)C2)cs1. The molecular weight excluding hydrogens is 623 g/mol. The van der Waals surface area contributed by atoms with Gasteiger partial charge in [0, 0.05) is 42.5 Å². The molecular formula is C34H51N5O5S2. The van der Waals surface area contributed by atoms with Gasteiger partial charge in [-0.15, -0.1) is 11.3 Å². The molecule has 4 heterocycles. The van der Waals surface area contributed by atoms with E-state index >= 15 is 0 Å². The number of thiazole rings is 2. The number of amides is 1. The van der Waals surface area contributed by atoms with Crippen LogP contribution in [0.25, 0.3) is 10.2 Å². The number of aromatic hydroxyl groups is 1. The Morgan fingerprint density at radius 1 is 1.11 bits per heavy atom. The van der Waals surface area contributed by atoms with Gasteiger partial charge in [-0.1, -0.05) is 70.3 Å². The summed E-state index contributed by atoms with van der Waals surface area (Å²) in [5, 5.41) is 26.8. The molecule has 1 atom stereocenters. The molecule has 0 saturated carbocycles. The number of rotatable bonds is 14. The van der Waals surface area contributed by atoms with Gasteiger partial charge in [0.15, 0.2) is 0 Å². The van der Waals surface area contributed by atoms with Crippen molar-refractivity contribution in [2.24, 2.45) is 0 Å². The molecule has 4 N–H and O–H groups in total. The van der Waals surface area contributed by atoms with Gasteiger partial charge in [0.1, 0.15) is 17.0 Å². The minimum Gasteiger partial charge on any atom is -0.506 e. The number of morpholine rings is 1. The average molecular weight is 674 g/mol. The Bertz CT molecular complexity index is 1490. The number of aromatic amines is 1. The third kappa shape index (κ3) is 8.96. The monoisotopic (exact) mass is 673 g/mol. The summed E-state index contributed by atoms with van der Waals surface area (Å²) >= 11 is 2.59. The van der Waals surface area contributed by atoms with E-state index in [1.54, 1.807) is 17.4 Å². The van der Waals surface area contributed by atoms with Crippen LogP contribution < -0.4 is 10.2 Å². The predicted octanol–water partition coefficient (Wildman–Crippen LogP) is 5.41. The smallest absolute Gasteiger partial charge is 0.305 e. The summed E-state index contributed by atoms with van der Waals surface area (Å²) in [6, 6.07) is 3.20. The fourth-order valence-electron chi connectivity index (χ4n) is 6.50. The van der Waals surface area contributed by atoms with Crippen molar-refractivity contribution < 1.29 is 19.7 Å². The van der Waals surface area contributed by atoms with E-state index in [4.69, 9.17) is 4.74 Å². The van der Waals surface area contributed by atoms with Crippen molar-refractivity contribution >= 4 is 38.8 Å². The first kappa shape index (κ1) is 35.0. The van der Waals surface area contributed by atoms with E-state index in [0.717, 1.165) is 61.8 Å². The third-order valence-corrected chi connectivity index (χ3v) is 11.5. The fourth-order valence-corrected chi connectivity index (χ4v) is 8.30. The number of phenolic OH excluding ortho intramolecular Hbond substituents is 1. The van der Waals surface area contributed by atoms with Gasteiger partial charge in [-0.25, -0.2) is 4.98 Å². The van der Waals surface area contributed by atoms with Gasteiger partial charge in [0.25, 0.3) is 5.91 Å². The van der Waals surface area contributed by atoms with E-state index in [-0.39, 0.29) is 27.5 Å². The second-order valence-electron chi connectivity index (χ2n) is 14.0. The molecule has 2 saturated heterocycles. The largest absolute Gasteiger partial charge is 0.506 e. The number of nitrogens with zero attached hydrogens (tertiary/aromatic N) is 3. The second-order valence-corrected chi connectivity index (χ2v) is 15.8. The first-order chi connectivity index (χ1) is 22.0. The van der Waals surface area contributed by atoms with Gasteiger partial charge in [-0.05, 0) is 44.8 Å². The highest BCUT2D eigenvalue weighted by Gasteiger charge is 2.41. The lowest BCUT2D eigenvalue weighted by molar-refractivity contribution is -0.127. The molecule has 1 amide bonds. The Hall–Kier alpha value is -2.35. The lowest BCUT2D eigenvalue weighted by atomic mass is 9.89. The summed E-state index contributed by atoms with van der Waals surface area (Å²) in [6.45, 7) is 12.7. The van der Waals surface area contributed by atoms with Crippen LogP contribution in [0.4, 0.5) is 0 Å². The molecule has 46 heavy (non-hydrogen) atoms. The maximum Gasteiger partial charge on any atom is 0.305 e. The molecule has 0 bridgehead atoms. The molecule has 254 valence electrons. The molecule has 5 rings (SSSR count). The first-order valence-corrected chi connectivity index (χ1v) is 18.6. The van der Waals surface area contributed by atoms with Gasteiger partial charge >= 0.3 is 4.87 Å². The Kier molecular flexibility index (Phi) is 11.9. The number of ether oxygens (including phenoxy) is 1. The van der Waals surface area contributed by atoms with Crippen LogP contribution in [0.5, 0.6) is 5.75 Å². The van der Waals surface area contributed by atoms with E-state index in [9.17, 15) is 19.8 Å². The molecule has 2 aliphatic rings. The zero-order valence-electron chi connectivity index (χ0n) is 27.6. The number of H-pyrrole nitrogens is 1. The van der Waals surface area contributed by atoms with E-state index < -0.39 is 6.10 Å².